The third kappa shape index (κ3) is 7.48. The van der Waals surface area contributed by atoms with Crippen molar-refractivity contribution in [3.63, 3.8) is 0 Å². The Morgan fingerprint density at radius 3 is 2.50 bits per heavy atom. The number of hydrogen-bond acceptors (Lipinski definition) is 7. The molecule has 0 spiro atoms. The van der Waals surface area contributed by atoms with E-state index >= 15 is 0 Å². The standard InChI is InChI=1S/C29H36N2O9/c1-29(2)28(39-18-20-6-8-21(9-7-20)38-16-12-26(35)36)27(31-13-4-3-5-24(31)32)22-17-30(14-10-23(22)40-29)19-37-15-11-25(33)34/h6-10,14,17,27-28H,3-5,11-13,15-16,18-19H2,1-2H3,(H-,33,34,35,36)/p+1. The monoisotopic (exact) mass is 557 g/mol. The molecule has 11 heteroatoms. The van der Waals surface area contributed by atoms with Gasteiger partial charge in [0.05, 0.1) is 44.3 Å². The fourth-order valence-electron chi connectivity index (χ4n) is 5.02. The number of nitrogens with zero attached hydrogens (tertiary/aromatic N) is 2. The molecule has 2 N–H and O–H groups in total. The van der Waals surface area contributed by atoms with Crippen LogP contribution in [0, 0.1) is 0 Å². The van der Waals surface area contributed by atoms with Crippen molar-refractivity contribution in [1.82, 2.24) is 4.90 Å². The lowest BCUT2D eigenvalue weighted by Crippen LogP contribution is -2.57. The van der Waals surface area contributed by atoms with Crippen molar-refractivity contribution in [2.45, 2.75) is 77.0 Å². The number of pyridine rings is 1. The van der Waals surface area contributed by atoms with Gasteiger partial charge < -0.3 is 34.1 Å². The molecule has 0 saturated carbocycles. The van der Waals surface area contributed by atoms with E-state index in [1.54, 1.807) is 12.1 Å². The molecule has 4 rings (SSSR count). The Kier molecular flexibility index (Phi) is 9.59. The number of aromatic nitrogens is 1. The second-order valence-corrected chi connectivity index (χ2v) is 10.5. The second-order valence-electron chi connectivity index (χ2n) is 10.5. The van der Waals surface area contributed by atoms with E-state index in [9.17, 15) is 14.4 Å². The van der Waals surface area contributed by atoms with Gasteiger partial charge >= 0.3 is 11.9 Å². The van der Waals surface area contributed by atoms with E-state index in [1.807, 2.05) is 53.9 Å². The zero-order valence-corrected chi connectivity index (χ0v) is 22.9. The van der Waals surface area contributed by atoms with Crippen LogP contribution >= 0.6 is 0 Å². The Morgan fingerprint density at radius 1 is 1.07 bits per heavy atom. The first-order valence-corrected chi connectivity index (χ1v) is 13.5. The molecule has 2 unspecified atom stereocenters. The Bertz CT molecular complexity index is 1200. The maximum absolute atomic E-state index is 13.2. The average molecular weight is 558 g/mol. The number of ether oxygens (including phenoxy) is 4. The number of piperidine rings is 1. The molecule has 1 saturated heterocycles. The van der Waals surface area contributed by atoms with E-state index in [2.05, 4.69) is 0 Å². The first-order chi connectivity index (χ1) is 19.1. The molecule has 0 aliphatic carbocycles. The Labute approximate surface area is 233 Å². The van der Waals surface area contributed by atoms with Gasteiger partial charge in [0.1, 0.15) is 23.2 Å². The Balaban J connectivity index is 1.54. The largest absolute Gasteiger partial charge is 0.493 e. The molecule has 2 aromatic rings. The second kappa shape index (κ2) is 13.1. The van der Waals surface area contributed by atoms with Gasteiger partial charge in [-0.2, -0.15) is 4.57 Å². The highest BCUT2D eigenvalue weighted by Gasteiger charge is 2.49. The molecule has 2 aliphatic rings. The highest BCUT2D eigenvalue weighted by molar-refractivity contribution is 5.77. The zero-order valence-electron chi connectivity index (χ0n) is 22.9. The summed E-state index contributed by atoms with van der Waals surface area (Å²) in [7, 11) is 0. The molecule has 2 aliphatic heterocycles. The molecule has 1 fully saturated rings. The van der Waals surface area contributed by atoms with E-state index in [1.165, 1.54) is 0 Å². The summed E-state index contributed by atoms with van der Waals surface area (Å²) in [6.45, 7) is 5.14. The van der Waals surface area contributed by atoms with Crippen molar-refractivity contribution in [2.75, 3.05) is 19.8 Å². The SMILES string of the molecule is CC1(C)Oc2cc[n+](COCCC(=O)O)cc2C(N2CCCCC2=O)C1OCc1ccc(OCCC(=O)O)cc1. The lowest BCUT2D eigenvalue weighted by molar-refractivity contribution is -0.733. The molecular weight excluding hydrogens is 520 g/mol. The lowest BCUT2D eigenvalue weighted by Gasteiger charge is -2.48. The summed E-state index contributed by atoms with van der Waals surface area (Å²) >= 11 is 0. The van der Waals surface area contributed by atoms with Crippen LogP contribution in [-0.2, 0) is 37.2 Å². The average Bonchev–Trinajstić information content (AvgIpc) is 2.90. The molecule has 1 amide bonds. The summed E-state index contributed by atoms with van der Waals surface area (Å²) in [5, 5.41) is 17.7. The first kappa shape index (κ1) is 29.3. The van der Waals surface area contributed by atoms with E-state index in [4.69, 9.17) is 29.2 Å². The lowest BCUT2D eigenvalue weighted by atomic mass is 9.85. The van der Waals surface area contributed by atoms with Gasteiger partial charge in [-0.25, -0.2) is 0 Å². The van der Waals surface area contributed by atoms with Crippen LogP contribution in [0.15, 0.2) is 42.7 Å². The number of fused-ring (bicyclic) bond motifs is 1. The summed E-state index contributed by atoms with van der Waals surface area (Å²) in [5.74, 6) is -0.522. The quantitative estimate of drug-likeness (QED) is 0.281. The van der Waals surface area contributed by atoms with Crippen molar-refractivity contribution < 1.29 is 48.1 Å². The first-order valence-electron chi connectivity index (χ1n) is 13.5. The fraction of sp³-hybridized carbons (Fsp3) is 0.517. The molecule has 0 bridgehead atoms. The van der Waals surface area contributed by atoms with Gasteiger partial charge in [0.15, 0.2) is 12.4 Å². The third-order valence-electron chi connectivity index (χ3n) is 7.00. The molecule has 1 aromatic heterocycles. The topological polar surface area (TPSA) is 136 Å². The maximum Gasteiger partial charge on any atom is 0.306 e. The summed E-state index contributed by atoms with van der Waals surface area (Å²) in [6.07, 6.45) is 5.29. The van der Waals surface area contributed by atoms with Crippen molar-refractivity contribution in [3.05, 3.63) is 53.9 Å². The van der Waals surface area contributed by atoms with Crippen LogP contribution in [0.1, 0.15) is 63.1 Å². The van der Waals surface area contributed by atoms with Gasteiger partial charge in [-0.05, 0) is 44.4 Å². The number of benzene rings is 1. The van der Waals surface area contributed by atoms with E-state index in [0.717, 1.165) is 24.0 Å². The number of carboxylic acids is 2. The minimum atomic E-state index is -0.921. The number of carbonyl (C=O) groups excluding carboxylic acids is 1. The van der Waals surface area contributed by atoms with Crippen LogP contribution < -0.4 is 14.0 Å². The van der Waals surface area contributed by atoms with E-state index in [-0.39, 0.29) is 45.3 Å². The molecule has 11 nitrogen and oxygen atoms in total. The summed E-state index contributed by atoms with van der Waals surface area (Å²) in [4.78, 5) is 36.6. The van der Waals surface area contributed by atoms with Crippen molar-refractivity contribution in [2.24, 2.45) is 0 Å². The minimum Gasteiger partial charge on any atom is -0.493 e. The molecular formula is C29H37N2O9+. The van der Waals surface area contributed by atoms with Gasteiger partial charge in [-0.1, -0.05) is 12.1 Å². The number of likely N-dealkylation sites (tertiary alicyclic amines) is 1. The molecule has 216 valence electrons. The van der Waals surface area contributed by atoms with Gasteiger partial charge in [-0.3, -0.25) is 14.4 Å². The Morgan fingerprint density at radius 2 is 1.80 bits per heavy atom. The molecule has 3 heterocycles. The van der Waals surface area contributed by atoms with Crippen LogP contribution in [0.3, 0.4) is 0 Å². The highest BCUT2D eigenvalue weighted by Crippen LogP contribution is 2.45. The van der Waals surface area contributed by atoms with Crippen LogP contribution in [0.4, 0.5) is 0 Å². The summed E-state index contributed by atoms with van der Waals surface area (Å²) < 4.78 is 25.8. The van der Waals surface area contributed by atoms with Crippen LogP contribution in [0.5, 0.6) is 11.5 Å². The van der Waals surface area contributed by atoms with Gasteiger partial charge in [-0.15, -0.1) is 0 Å². The molecule has 2 atom stereocenters. The van der Waals surface area contributed by atoms with Crippen LogP contribution in [0.2, 0.25) is 0 Å². The number of carbonyl (C=O) groups is 3. The number of aliphatic carboxylic acids is 2. The highest BCUT2D eigenvalue weighted by atomic mass is 16.6. The van der Waals surface area contributed by atoms with Gasteiger partial charge in [0, 0.05) is 19.0 Å². The number of hydrogen-bond donors (Lipinski definition) is 2. The van der Waals surface area contributed by atoms with Crippen LogP contribution in [0.25, 0.3) is 0 Å². The smallest absolute Gasteiger partial charge is 0.306 e. The zero-order chi connectivity index (χ0) is 28.7. The van der Waals surface area contributed by atoms with Crippen molar-refractivity contribution in [3.8, 4) is 11.5 Å². The van der Waals surface area contributed by atoms with Gasteiger partial charge in [0.25, 0.3) is 6.73 Å². The van der Waals surface area contributed by atoms with E-state index < -0.39 is 29.7 Å². The number of rotatable bonds is 13. The molecule has 0 radical (unpaired) electrons. The predicted molar refractivity (Wildman–Crippen MR) is 141 cm³/mol. The van der Waals surface area contributed by atoms with E-state index in [0.29, 0.717) is 24.5 Å². The summed E-state index contributed by atoms with van der Waals surface area (Å²) in [5.41, 5.74) is 0.955. The summed E-state index contributed by atoms with van der Waals surface area (Å²) in [6, 6.07) is 8.73. The Hall–Kier alpha value is -3.70. The van der Waals surface area contributed by atoms with Crippen molar-refractivity contribution in [1.29, 1.82) is 0 Å². The minimum absolute atomic E-state index is 0.0736. The van der Waals surface area contributed by atoms with Crippen LogP contribution in [-0.4, -0.2) is 64.4 Å². The number of carboxylic acid groups (broad SMARTS) is 2. The maximum atomic E-state index is 13.2. The van der Waals surface area contributed by atoms with Crippen molar-refractivity contribution >= 4 is 17.8 Å². The fourth-order valence-corrected chi connectivity index (χ4v) is 5.02. The molecule has 1 aromatic carbocycles. The predicted octanol–water partition coefficient (Wildman–Crippen LogP) is 3.09. The van der Waals surface area contributed by atoms with Gasteiger partial charge in [0.2, 0.25) is 5.91 Å². The molecule has 40 heavy (non-hydrogen) atoms. The normalized spacial score (nSPS) is 19.9. The third-order valence-corrected chi connectivity index (χ3v) is 7.00. The number of amides is 1.